The summed E-state index contributed by atoms with van der Waals surface area (Å²) in [7, 11) is 0. The Morgan fingerprint density at radius 3 is 2.65 bits per heavy atom. The normalized spacial score (nSPS) is 15.7. The maximum Gasteiger partial charge on any atom is 0.417 e. The molecule has 3 rings (SSSR count). The summed E-state index contributed by atoms with van der Waals surface area (Å²) in [5, 5.41) is 2.80. The van der Waals surface area contributed by atoms with Gasteiger partial charge in [-0.3, -0.25) is 9.20 Å². The molecule has 1 N–H and O–H groups in total. The van der Waals surface area contributed by atoms with Crippen molar-refractivity contribution in [2.45, 2.75) is 38.8 Å². The van der Waals surface area contributed by atoms with Crippen molar-refractivity contribution in [2.24, 2.45) is 0 Å². The monoisotopic (exact) mass is 368 g/mol. The third-order valence-corrected chi connectivity index (χ3v) is 4.72. The van der Waals surface area contributed by atoms with E-state index in [2.05, 4.69) is 15.2 Å². The molecule has 1 amide bonds. The van der Waals surface area contributed by atoms with Crippen LogP contribution >= 0.6 is 0 Å². The molecule has 3 heterocycles. The number of carbonyl (C=O) groups is 1. The second kappa shape index (κ2) is 7.65. The van der Waals surface area contributed by atoms with Crippen LogP contribution in [0.25, 0.3) is 5.65 Å². The standard InChI is InChI=1S/C18H23F3N4O/c1-13-16(17(26)22-8-2-3-9-24-10-4-5-11-24)25-12-14(18(19,20)21)6-7-15(25)23-13/h6-7,12H,2-5,8-11H2,1H3,(H,22,26). The van der Waals surface area contributed by atoms with E-state index in [0.29, 0.717) is 17.9 Å². The van der Waals surface area contributed by atoms with Crippen LogP contribution in [-0.2, 0) is 6.18 Å². The minimum atomic E-state index is -4.46. The molecule has 5 nitrogen and oxygen atoms in total. The summed E-state index contributed by atoms with van der Waals surface area (Å²) in [6.07, 6.45) is 0.804. The molecule has 1 fully saturated rings. The molecule has 142 valence electrons. The van der Waals surface area contributed by atoms with E-state index < -0.39 is 17.6 Å². The van der Waals surface area contributed by atoms with Crippen molar-refractivity contribution >= 4 is 11.6 Å². The van der Waals surface area contributed by atoms with Gasteiger partial charge < -0.3 is 10.2 Å². The Hall–Kier alpha value is -2.09. The van der Waals surface area contributed by atoms with Crippen molar-refractivity contribution in [3.63, 3.8) is 0 Å². The lowest BCUT2D eigenvalue weighted by Crippen LogP contribution is -2.27. The van der Waals surface area contributed by atoms with Gasteiger partial charge in [-0.15, -0.1) is 0 Å². The molecule has 2 aromatic rings. The van der Waals surface area contributed by atoms with Gasteiger partial charge in [0.1, 0.15) is 11.3 Å². The van der Waals surface area contributed by atoms with E-state index in [1.54, 1.807) is 6.92 Å². The lowest BCUT2D eigenvalue weighted by molar-refractivity contribution is -0.137. The van der Waals surface area contributed by atoms with E-state index in [1.165, 1.54) is 23.3 Å². The molecule has 2 aromatic heterocycles. The second-order valence-corrected chi connectivity index (χ2v) is 6.70. The number of aromatic nitrogens is 2. The molecular formula is C18H23F3N4O. The molecule has 0 spiro atoms. The molecule has 26 heavy (non-hydrogen) atoms. The van der Waals surface area contributed by atoms with Crippen molar-refractivity contribution in [3.8, 4) is 0 Å². The fourth-order valence-corrected chi connectivity index (χ4v) is 3.36. The van der Waals surface area contributed by atoms with E-state index in [9.17, 15) is 18.0 Å². The highest BCUT2D eigenvalue weighted by molar-refractivity contribution is 5.94. The molecule has 8 heteroatoms. The van der Waals surface area contributed by atoms with Gasteiger partial charge in [-0.05, 0) is 64.4 Å². The number of hydrogen-bond donors (Lipinski definition) is 1. The largest absolute Gasteiger partial charge is 0.417 e. The Balaban J connectivity index is 1.62. The summed E-state index contributed by atoms with van der Waals surface area (Å²) in [5.74, 6) is -0.393. The van der Waals surface area contributed by atoms with Gasteiger partial charge in [0.15, 0.2) is 0 Å². The smallest absolute Gasteiger partial charge is 0.351 e. The van der Waals surface area contributed by atoms with Gasteiger partial charge in [-0.1, -0.05) is 0 Å². The molecule has 0 unspecified atom stereocenters. The minimum Gasteiger partial charge on any atom is -0.351 e. The number of nitrogens with one attached hydrogen (secondary N) is 1. The van der Waals surface area contributed by atoms with Gasteiger partial charge >= 0.3 is 6.18 Å². The number of hydrogen-bond acceptors (Lipinski definition) is 3. The molecule has 0 aromatic carbocycles. The number of imidazole rings is 1. The average Bonchev–Trinajstić information content (AvgIpc) is 3.19. The van der Waals surface area contributed by atoms with Crippen molar-refractivity contribution in [1.82, 2.24) is 19.6 Å². The van der Waals surface area contributed by atoms with E-state index in [4.69, 9.17) is 0 Å². The number of amides is 1. The first-order chi connectivity index (χ1) is 12.4. The van der Waals surface area contributed by atoms with E-state index in [-0.39, 0.29) is 5.69 Å². The zero-order valence-corrected chi connectivity index (χ0v) is 14.8. The third-order valence-electron chi connectivity index (χ3n) is 4.72. The predicted octanol–water partition coefficient (Wildman–Crippen LogP) is 3.27. The number of fused-ring (bicyclic) bond motifs is 1. The zero-order valence-electron chi connectivity index (χ0n) is 14.8. The van der Waals surface area contributed by atoms with Crippen LogP contribution in [0.4, 0.5) is 13.2 Å². The fourth-order valence-electron chi connectivity index (χ4n) is 3.36. The van der Waals surface area contributed by atoms with Gasteiger partial charge in [0, 0.05) is 12.7 Å². The van der Waals surface area contributed by atoms with Gasteiger partial charge in [-0.2, -0.15) is 13.2 Å². The van der Waals surface area contributed by atoms with Gasteiger partial charge in [0.05, 0.1) is 11.3 Å². The summed E-state index contributed by atoms with van der Waals surface area (Å²) in [6.45, 7) is 5.45. The molecule has 0 bridgehead atoms. The van der Waals surface area contributed by atoms with E-state index in [1.807, 2.05) is 0 Å². The number of alkyl halides is 3. The number of rotatable bonds is 6. The van der Waals surface area contributed by atoms with E-state index >= 15 is 0 Å². The summed E-state index contributed by atoms with van der Waals surface area (Å²) < 4.78 is 40.0. The molecule has 0 saturated carbocycles. The molecule has 1 aliphatic rings. The topological polar surface area (TPSA) is 49.6 Å². The minimum absolute atomic E-state index is 0.158. The lowest BCUT2D eigenvalue weighted by atomic mass is 10.2. The first-order valence-corrected chi connectivity index (χ1v) is 8.93. The van der Waals surface area contributed by atoms with Crippen LogP contribution in [-0.4, -0.2) is 46.4 Å². The van der Waals surface area contributed by atoms with Gasteiger partial charge in [-0.25, -0.2) is 4.98 Å². The molecule has 1 saturated heterocycles. The summed E-state index contributed by atoms with van der Waals surface area (Å²) in [4.78, 5) is 19.1. The van der Waals surface area contributed by atoms with Crippen LogP contribution in [0.3, 0.4) is 0 Å². The maximum atomic E-state index is 12.9. The Morgan fingerprint density at radius 2 is 1.96 bits per heavy atom. The lowest BCUT2D eigenvalue weighted by Gasteiger charge is -2.14. The Labute approximate surface area is 150 Å². The molecule has 1 aliphatic heterocycles. The fraction of sp³-hybridized carbons (Fsp3) is 0.556. The first kappa shape index (κ1) is 18.7. The van der Waals surface area contributed by atoms with Gasteiger partial charge in [0.2, 0.25) is 0 Å². The number of carbonyl (C=O) groups excluding carboxylic acids is 1. The van der Waals surface area contributed by atoms with Crippen molar-refractivity contribution in [3.05, 3.63) is 35.3 Å². The predicted molar refractivity (Wildman–Crippen MR) is 92.2 cm³/mol. The van der Waals surface area contributed by atoms with Crippen LogP contribution in [0.1, 0.15) is 47.4 Å². The highest BCUT2D eigenvalue weighted by atomic mass is 19.4. The quantitative estimate of drug-likeness (QED) is 0.797. The molecular weight excluding hydrogens is 345 g/mol. The van der Waals surface area contributed by atoms with E-state index in [0.717, 1.165) is 44.7 Å². The number of pyridine rings is 1. The number of unbranched alkanes of at least 4 members (excludes halogenated alkanes) is 1. The van der Waals surface area contributed by atoms with Gasteiger partial charge in [0.25, 0.3) is 5.91 Å². The van der Waals surface area contributed by atoms with Crippen LogP contribution < -0.4 is 5.32 Å². The number of likely N-dealkylation sites (tertiary alicyclic amines) is 1. The number of aryl methyl sites for hydroxylation is 1. The Kier molecular flexibility index (Phi) is 5.50. The maximum absolute atomic E-state index is 12.9. The SMILES string of the molecule is Cc1nc2ccc(C(F)(F)F)cn2c1C(=O)NCCCCN1CCCC1. The zero-order chi connectivity index (χ0) is 18.7. The summed E-state index contributed by atoms with van der Waals surface area (Å²) in [5.41, 5.74) is 0.0984. The van der Waals surface area contributed by atoms with Crippen LogP contribution in [0, 0.1) is 6.92 Å². The molecule has 0 radical (unpaired) electrons. The third kappa shape index (κ3) is 4.17. The van der Waals surface area contributed by atoms with Crippen molar-refractivity contribution in [2.75, 3.05) is 26.2 Å². The second-order valence-electron chi connectivity index (χ2n) is 6.70. The number of nitrogens with zero attached hydrogens (tertiary/aromatic N) is 3. The Morgan fingerprint density at radius 1 is 1.23 bits per heavy atom. The van der Waals surface area contributed by atoms with Crippen LogP contribution in [0.5, 0.6) is 0 Å². The Bertz CT molecular complexity index is 779. The van der Waals surface area contributed by atoms with Crippen molar-refractivity contribution in [1.29, 1.82) is 0 Å². The first-order valence-electron chi connectivity index (χ1n) is 8.93. The summed E-state index contributed by atoms with van der Waals surface area (Å²) >= 11 is 0. The van der Waals surface area contributed by atoms with Crippen molar-refractivity contribution < 1.29 is 18.0 Å². The molecule has 0 aliphatic carbocycles. The van der Waals surface area contributed by atoms with Crippen LogP contribution in [0.15, 0.2) is 18.3 Å². The number of halogens is 3. The highest BCUT2D eigenvalue weighted by Gasteiger charge is 2.31. The highest BCUT2D eigenvalue weighted by Crippen LogP contribution is 2.29. The molecule has 0 atom stereocenters. The average molecular weight is 368 g/mol. The summed E-state index contributed by atoms with van der Waals surface area (Å²) in [6, 6.07) is 2.25. The van der Waals surface area contributed by atoms with Crippen LogP contribution in [0.2, 0.25) is 0 Å².